The van der Waals surface area contributed by atoms with Crippen molar-refractivity contribution in [3.05, 3.63) is 182 Å². The van der Waals surface area contributed by atoms with Gasteiger partial charge in [0.2, 0.25) is 0 Å². The highest BCUT2D eigenvalue weighted by Crippen LogP contribution is 2.43. The molecule has 2 aromatic heterocycles. The first-order valence-corrected chi connectivity index (χ1v) is 16.5. The van der Waals surface area contributed by atoms with Crippen LogP contribution in [0.5, 0.6) is 0 Å². The second-order valence-corrected chi connectivity index (χ2v) is 12.6. The number of rotatable bonds is 4. The molecule has 8 aromatic carbocycles. The molecule has 0 unspecified atom stereocenters. The van der Waals surface area contributed by atoms with Crippen molar-refractivity contribution in [2.75, 3.05) is 0 Å². The first-order chi connectivity index (χ1) is 23.8. The molecule has 48 heavy (non-hydrogen) atoms. The molecule has 2 heterocycles. The quantitative estimate of drug-likeness (QED) is 0.188. The van der Waals surface area contributed by atoms with Crippen molar-refractivity contribution >= 4 is 54.4 Å². The minimum Gasteiger partial charge on any atom is -0.309 e. The highest BCUT2D eigenvalue weighted by atomic mass is 15.0. The van der Waals surface area contributed by atoms with Gasteiger partial charge in [0.25, 0.3) is 0 Å². The topological polar surface area (TPSA) is 9.86 Å². The van der Waals surface area contributed by atoms with Gasteiger partial charge >= 0.3 is 0 Å². The molecule has 0 radical (unpaired) electrons. The molecule has 2 heteroatoms. The number of aromatic nitrogens is 2. The molecular weight excluding hydrogens is 581 g/mol. The van der Waals surface area contributed by atoms with E-state index >= 15 is 0 Å². The maximum absolute atomic E-state index is 2.47. The highest BCUT2D eigenvalue weighted by Gasteiger charge is 2.20. The number of hydrogen-bond acceptors (Lipinski definition) is 0. The third-order valence-electron chi connectivity index (χ3n) is 9.92. The van der Waals surface area contributed by atoms with Crippen LogP contribution in [0, 0.1) is 0 Å². The van der Waals surface area contributed by atoms with Gasteiger partial charge in [0.1, 0.15) is 0 Å². The number of fused-ring (bicyclic) bond motifs is 9. The minimum absolute atomic E-state index is 1.16. The predicted octanol–water partition coefficient (Wildman–Crippen LogP) is 12.4. The van der Waals surface area contributed by atoms with E-state index in [1.54, 1.807) is 0 Å². The van der Waals surface area contributed by atoms with Gasteiger partial charge in [-0.25, -0.2) is 0 Å². The van der Waals surface area contributed by atoms with Crippen molar-refractivity contribution < 1.29 is 0 Å². The Hall–Kier alpha value is -6.38. The first kappa shape index (κ1) is 26.8. The molecule has 0 N–H and O–H groups in total. The number of hydrogen-bond donors (Lipinski definition) is 0. The summed E-state index contributed by atoms with van der Waals surface area (Å²) in [6.07, 6.45) is 0. The van der Waals surface area contributed by atoms with Gasteiger partial charge in [0.15, 0.2) is 0 Å². The van der Waals surface area contributed by atoms with Gasteiger partial charge in [-0.1, -0.05) is 140 Å². The van der Waals surface area contributed by atoms with Gasteiger partial charge in [0, 0.05) is 38.3 Å². The maximum Gasteiger partial charge on any atom is 0.0626 e. The van der Waals surface area contributed by atoms with Crippen molar-refractivity contribution in [3.63, 3.8) is 0 Å². The molecule has 0 fully saturated rings. The molecule has 10 rings (SSSR count). The van der Waals surface area contributed by atoms with E-state index in [0.717, 1.165) is 11.4 Å². The van der Waals surface area contributed by atoms with Crippen LogP contribution < -0.4 is 0 Å². The largest absolute Gasteiger partial charge is 0.309 e. The Morgan fingerprint density at radius 2 is 0.750 bits per heavy atom. The molecule has 0 amide bonds. The van der Waals surface area contributed by atoms with E-state index in [4.69, 9.17) is 0 Å². The second kappa shape index (κ2) is 10.6. The van der Waals surface area contributed by atoms with Crippen molar-refractivity contribution in [1.82, 2.24) is 9.13 Å². The molecule has 2 nitrogen and oxygen atoms in total. The summed E-state index contributed by atoms with van der Waals surface area (Å²) in [5.74, 6) is 0. The lowest BCUT2D eigenvalue weighted by atomic mass is 10.0. The van der Waals surface area contributed by atoms with Gasteiger partial charge in [0.05, 0.1) is 22.1 Å². The van der Waals surface area contributed by atoms with Crippen LogP contribution >= 0.6 is 0 Å². The van der Waals surface area contributed by atoms with Crippen molar-refractivity contribution in [2.24, 2.45) is 0 Å². The molecule has 0 saturated heterocycles. The summed E-state index contributed by atoms with van der Waals surface area (Å²) in [7, 11) is 0. The van der Waals surface area contributed by atoms with E-state index < -0.39 is 0 Å². The molecule has 0 saturated carbocycles. The van der Waals surface area contributed by atoms with Crippen LogP contribution in [-0.2, 0) is 0 Å². The summed E-state index contributed by atoms with van der Waals surface area (Å²) in [6, 6.07) is 66.1. The fourth-order valence-electron chi connectivity index (χ4n) is 7.74. The van der Waals surface area contributed by atoms with Crippen LogP contribution in [0.4, 0.5) is 0 Å². The Morgan fingerprint density at radius 1 is 0.271 bits per heavy atom. The van der Waals surface area contributed by atoms with E-state index in [1.807, 2.05) is 0 Å². The zero-order valence-electron chi connectivity index (χ0n) is 26.2. The van der Waals surface area contributed by atoms with Crippen LogP contribution in [-0.4, -0.2) is 9.13 Å². The smallest absolute Gasteiger partial charge is 0.0626 e. The fraction of sp³-hybridized carbons (Fsp3) is 0. The molecule has 10 aromatic rings. The molecule has 0 aliphatic heterocycles. The summed E-state index contributed by atoms with van der Waals surface area (Å²) in [6.45, 7) is 0. The molecular formula is C46H30N2. The van der Waals surface area contributed by atoms with Crippen LogP contribution in [0.25, 0.3) is 88.0 Å². The van der Waals surface area contributed by atoms with E-state index in [1.165, 1.54) is 76.6 Å². The van der Waals surface area contributed by atoms with Crippen LogP contribution in [0.3, 0.4) is 0 Å². The highest BCUT2D eigenvalue weighted by molar-refractivity contribution is 6.30. The Morgan fingerprint density at radius 3 is 1.38 bits per heavy atom. The number of para-hydroxylation sites is 2. The van der Waals surface area contributed by atoms with Gasteiger partial charge in [-0.3, -0.25) is 0 Å². The predicted molar refractivity (Wildman–Crippen MR) is 203 cm³/mol. The summed E-state index contributed by atoms with van der Waals surface area (Å²) in [5, 5.41) is 7.59. The van der Waals surface area contributed by atoms with Gasteiger partial charge in [-0.15, -0.1) is 0 Å². The van der Waals surface area contributed by atoms with Crippen LogP contribution in [0.15, 0.2) is 182 Å². The summed E-state index contributed by atoms with van der Waals surface area (Å²) < 4.78 is 4.90. The van der Waals surface area contributed by atoms with Crippen molar-refractivity contribution in [1.29, 1.82) is 0 Å². The lowest BCUT2D eigenvalue weighted by Crippen LogP contribution is -1.95. The monoisotopic (exact) mass is 610 g/mol. The fourth-order valence-corrected chi connectivity index (χ4v) is 7.74. The standard InChI is InChI=1S/C46H30N2/c1-3-11-31(12-4-1)33-19-25-36(26-20-33)47-42-18-10-8-16-40(42)45-43(47)30-24-35-23-29-39-38-15-7-9-17-41(38)48(46(39)44(35)45)37-27-21-34(22-28-37)32-13-5-2-6-14-32/h1-30H. The molecule has 0 aliphatic rings. The first-order valence-electron chi connectivity index (χ1n) is 16.5. The Bertz CT molecular complexity index is 2780. The molecule has 0 spiro atoms. The van der Waals surface area contributed by atoms with Crippen LogP contribution in [0.1, 0.15) is 0 Å². The lowest BCUT2D eigenvalue weighted by Gasteiger charge is -2.13. The van der Waals surface area contributed by atoms with E-state index in [0.29, 0.717) is 0 Å². The van der Waals surface area contributed by atoms with Crippen molar-refractivity contribution in [3.8, 4) is 33.6 Å². The maximum atomic E-state index is 2.47. The summed E-state index contributed by atoms with van der Waals surface area (Å²) >= 11 is 0. The van der Waals surface area contributed by atoms with E-state index in [-0.39, 0.29) is 0 Å². The lowest BCUT2D eigenvalue weighted by molar-refractivity contribution is 1.18. The molecule has 0 aliphatic carbocycles. The van der Waals surface area contributed by atoms with Gasteiger partial charge in [-0.2, -0.15) is 0 Å². The number of nitrogens with zero attached hydrogens (tertiary/aromatic N) is 2. The molecule has 224 valence electrons. The average molecular weight is 611 g/mol. The Labute approximate surface area is 278 Å². The minimum atomic E-state index is 1.16. The Balaban J connectivity index is 1.28. The zero-order chi connectivity index (χ0) is 31.6. The van der Waals surface area contributed by atoms with Crippen molar-refractivity contribution in [2.45, 2.75) is 0 Å². The normalized spacial score (nSPS) is 11.8. The number of benzene rings is 8. The Kier molecular flexibility index (Phi) is 5.91. The third-order valence-corrected chi connectivity index (χ3v) is 9.92. The van der Waals surface area contributed by atoms with Gasteiger partial charge < -0.3 is 9.13 Å². The van der Waals surface area contributed by atoms with E-state index in [2.05, 4.69) is 191 Å². The summed E-state index contributed by atoms with van der Waals surface area (Å²) in [4.78, 5) is 0. The summed E-state index contributed by atoms with van der Waals surface area (Å²) in [5.41, 5.74) is 12.1. The zero-order valence-corrected chi connectivity index (χ0v) is 26.2. The SMILES string of the molecule is c1ccc(-c2ccc(-n3c4ccccc4c4c5c(ccc6c7ccccc7n(-c7ccc(-c8ccccc8)cc7)c65)ccc43)cc2)cc1. The average Bonchev–Trinajstić information content (AvgIpc) is 3.69. The molecule has 0 bridgehead atoms. The van der Waals surface area contributed by atoms with Gasteiger partial charge in [-0.05, 0) is 70.1 Å². The third kappa shape index (κ3) is 4.00. The second-order valence-electron chi connectivity index (χ2n) is 12.6. The van der Waals surface area contributed by atoms with E-state index in [9.17, 15) is 0 Å². The molecule has 0 atom stereocenters. The van der Waals surface area contributed by atoms with Crippen LogP contribution in [0.2, 0.25) is 0 Å².